The predicted octanol–water partition coefficient (Wildman–Crippen LogP) is 6.83. The summed E-state index contributed by atoms with van der Waals surface area (Å²) >= 11 is 0. The van der Waals surface area contributed by atoms with Crippen molar-refractivity contribution in [2.45, 2.75) is 108 Å². The molecule has 2 nitrogen and oxygen atoms in total. The molecule has 6 heteroatoms. The highest BCUT2D eigenvalue weighted by atomic mass is 28.5. The van der Waals surface area contributed by atoms with Crippen LogP contribution in [0.3, 0.4) is 0 Å². The van der Waals surface area contributed by atoms with E-state index in [2.05, 4.69) is 72.8 Å². The van der Waals surface area contributed by atoms with E-state index >= 15 is 0 Å². The van der Waals surface area contributed by atoms with Crippen LogP contribution in [0.1, 0.15) is 26.7 Å². The molecule has 3 fully saturated rings. The van der Waals surface area contributed by atoms with Gasteiger partial charge in [-0.25, -0.2) is 0 Å². The fraction of sp³-hybridized carbons (Fsp3) is 0.957. The summed E-state index contributed by atoms with van der Waals surface area (Å²) in [5.41, 5.74) is 2.86. The number of rotatable bonds is 4. The molecule has 1 heterocycles. The van der Waals surface area contributed by atoms with Gasteiger partial charge in [0, 0.05) is 16.1 Å². The van der Waals surface area contributed by atoms with E-state index in [0.717, 1.165) is 18.3 Å². The fourth-order valence-corrected chi connectivity index (χ4v) is 50.0. The molecule has 2 aliphatic carbocycles. The Morgan fingerprint density at radius 2 is 1.45 bits per heavy atom. The van der Waals surface area contributed by atoms with Crippen LogP contribution in [0.2, 0.25) is 76.3 Å². The van der Waals surface area contributed by atoms with E-state index in [1.54, 1.807) is 0 Å². The number of fused-ring (bicyclic) bond motifs is 2. The molecule has 0 spiro atoms. The van der Waals surface area contributed by atoms with E-state index in [1.165, 1.54) is 23.8 Å². The molecule has 0 radical (unpaired) electrons. The van der Waals surface area contributed by atoms with Crippen LogP contribution in [-0.4, -0.2) is 43.1 Å². The molecule has 1 aliphatic heterocycles. The molecule has 0 amide bonds. The molecule has 2 saturated carbocycles. The maximum atomic E-state index is 13.8. The molecule has 2 bridgehead atoms. The quantitative estimate of drug-likeness (QED) is 0.334. The summed E-state index contributed by atoms with van der Waals surface area (Å²) in [6.45, 7) is 27.9. The lowest BCUT2D eigenvalue weighted by molar-refractivity contribution is -0.156. The summed E-state index contributed by atoms with van der Waals surface area (Å²) in [6, 6.07) is 1.21. The zero-order chi connectivity index (χ0) is 22.2. The van der Waals surface area contributed by atoms with E-state index in [-0.39, 0.29) is 16.7 Å². The highest BCUT2D eigenvalue weighted by Gasteiger charge is 2.67. The van der Waals surface area contributed by atoms with Gasteiger partial charge in [-0.2, -0.15) is 0 Å². The second kappa shape index (κ2) is 7.17. The first-order chi connectivity index (χ1) is 12.9. The number of esters is 1. The van der Waals surface area contributed by atoms with Gasteiger partial charge in [0.2, 0.25) is 0 Å². The summed E-state index contributed by atoms with van der Waals surface area (Å²) in [5.74, 6) is 3.22. The zero-order valence-corrected chi connectivity index (χ0v) is 25.2. The summed E-state index contributed by atoms with van der Waals surface area (Å²) in [7, 11) is -5.98. The molecular formula is C23H48O2Si4. The normalized spacial score (nSPS) is 39.3. The van der Waals surface area contributed by atoms with Crippen molar-refractivity contribution in [2.24, 2.45) is 29.6 Å². The minimum absolute atomic E-state index is 0.0548. The van der Waals surface area contributed by atoms with Crippen molar-refractivity contribution in [2.75, 3.05) is 0 Å². The van der Waals surface area contributed by atoms with Gasteiger partial charge in [0.25, 0.3) is 0 Å². The summed E-state index contributed by atoms with van der Waals surface area (Å²) in [5, 5.41) is 0. The van der Waals surface area contributed by atoms with Crippen molar-refractivity contribution in [1.29, 1.82) is 0 Å². The van der Waals surface area contributed by atoms with Crippen molar-refractivity contribution in [3.8, 4) is 0 Å². The second-order valence-electron chi connectivity index (χ2n) is 14.5. The van der Waals surface area contributed by atoms with E-state index in [1.807, 2.05) is 0 Å². The monoisotopic (exact) mass is 468 g/mol. The average Bonchev–Trinajstić information content (AvgIpc) is 3.02. The Bertz CT molecular complexity index is 642. The van der Waals surface area contributed by atoms with Crippen LogP contribution in [0.5, 0.6) is 0 Å². The Morgan fingerprint density at radius 3 is 1.86 bits per heavy atom. The molecule has 5 atom stereocenters. The van der Waals surface area contributed by atoms with Crippen LogP contribution >= 0.6 is 0 Å². The lowest BCUT2D eigenvalue weighted by Crippen LogP contribution is -2.78. The molecule has 29 heavy (non-hydrogen) atoms. The second-order valence-corrected chi connectivity index (χ2v) is 36.8. The number of hydrogen-bond acceptors (Lipinski definition) is 2. The van der Waals surface area contributed by atoms with Crippen LogP contribution < -0.4 is 0 Å². The van der Waals surface area contributed by atoms with Crippen LogP contribution in [-0.2, 0) is 9.53 Å². The van der Waals surface area contributed by atoms with Crippen molar-refractivity contribution in [3.05, 3.63) is 0 Å². The fourth-order valence-electron chi connectivity index (χ4n) is 8.65. The maximum Gasteiger partial charge on any atom is 0.309 e. The van der Waals surface area contributed by atoms with Gasteiger partial charge in [-0.05, 0) is 42.6 Å². The summed E-state index contributed by atoms with van der Waals surface area (Å²) in [4.78, 5) is 13.8. The van der Waals surface area contributed by atoms with E-state index < -0.39 is 32.3 Å². The Hall–Kier alpha value is 0.338. The molecular weight excluding hydrogens is 421 g/mol. The Balaban J connectivity index is 1.97. The molecule has 0 N–H and O–H groups in total. The first-order valence-electron chi connectivity index (χ1n) is 12.1. The lowest BCUT2D eigenvalue weighted by atomic mass is 9.76. The third-order valence-electron chi connectivity index (χ3n) is 9.28. The lowest BCUT2D eigenvalue weighted by Gasteiger charge is -2.62. The summed E-state index contributed by atoms with van der Waals surface area (Å²) < 4.78 is 7.04. The molecule has 168 valence electrons. The van der Waals surface area contributed by atoms with Crippen molar-refractivity contribution < 1.29 is 9.53 Å². The Morgan fingerprint density at radius 1 is 0.931 bits per heavy atom. The Labute approximate surface area is 185 Å². The van der Waals surface area contributed by atoms with Crippen molar-refractivity contribution in [3.63, 3.8) is 0 Å². The van der Waals surface area contributed by atoms with Gasteiger partial charge in [0.1, 0.15) is 0 Å². The van der Waals surface area contributed by atoms with Gasteiger partial charge in [-0.15, -0.1) is 0 Å². The third-order valence-corrected chi connectivity index (χ3v) is 35.3. The Kier molecular flexibility index (Phi) is 5.93. The third kappa shape index (κ3) is 4.09. The smallest absolute Gasteiger partial charge is 0.309 e. The number of carbonyl (C=O) groups is 1. The first-order valence-corrected chi connectivity index (χ1v) is 25.7. The molecule has 0 aromatic carbocycles. The first kappa shape index (κ1) is 24.0. The number of carbonyl (C=O) groups excluding carboxylic acids is 1. The van der Waals surface area contributed by atoms with E-state index in [4.69, 9.17) is 4.74 Å². The SMILES string of the molecule is CC1C2CC(C(=O)OC3(C[Si](C)(C)C)[Si](C)(C)C[Si](C)(C)C[Si]3(C)C)C(C2)C1C. The molecule has 0 aromatic rings. The van der Waals surface area contributed by atoms with Crippen molar-refractivity contribution >= 4 is 38.3 Å². The van der Waals surface area contributed by atoms with Crippen LogP contribution in [0.25, 0.3) is 0 Å². The highest BCUT2D eigenvalue weighted by Crippen LogP contribution is 2.57. The maximum absolute atomic E-state index is 13.8. The minimum Gasteiger partial charge on any atom is -0.467 e. The van der Waals surface area contributed by atoms with Gasteiger partial charge in [0.15, 0.2) is 0 Å². The molecule has 3 aliphatic rings. The van der Waals surface area contributed by atoms with Crippen LogP contribution in [0, 0.1) is 29.6 Å². The highest BCUT2D eigenvalue weighted by molar-refractivity contribution is 7.15. The zero-order valence-electron chi connectivity index (χ0n) is 21.2. The van der Waals surface area contributed by atoms with Crippen molar-refractivity contribution in [1.82, 2.24) is 0 Å². The van der Waals surface area contributed by atoms with E-state index in [9.17, 15) is 4.79 Å². The molecule has 3 rings (SSSR count). The minimum atomic E-state index is -1.70. The van der Waals surface area contributed by atoms with Gasteiger partial charge in [-0.1, -0.05) is 84.1 Å². The topological polar surface area (TPSA) is 26.3 Å². The van der Waals surface area contributed by atoms with Crippen LogP contribution in [0.15, 0.2) is 0 Å². The predicted molar refractivity (Wildman–Crippen MR) is 137 cm³/mol. The van der Waals surface area contributed by atoms with Crippen LogP contribution in [0.4, 0.5) is 0 Å². The largest absolute Gasteiger partial charge is 0.467 e. The van der Waals surface area contributed by atoms with Gasteiger partial charge < -0.3 is 4.74 Å². The summed E-state index contributed by atoms with van der Waals surface area (Å²) in [6.07, 6.45) is 2.37. The van der Waals surface area contributed by atoms with E-state index in [0.29, 0.717) is 11.8 Å². The molecule has 5 unspecified atom stereocenters. The average molecular weight is 469 g/mol. The molecule has 1 saturated heterocycles. The number of hydrogen-bond donors (Lipinski definition) is 0. The van der Waals surface area contributed by atoms with Gasteiger partial charge >= 0.3 is 5.97 Å². The molecule has 0 aromatic heterocycles. The standard InChI is InChI=1S/C23H48O2Si4/c1-17-18(2)20-12-19(17)13-21(20)22(24)25-23(14-26(3,4)5)28(8,9)15-27(6,7)16-29(23,10)11/h17-21H,12-16H2,1-11H3. The van der Waals surface area contributed by atoms with Gasteiger partial charge in [0.05, 0.1) is 26.9 Å². The van der Waals surface area contributed by atoms with Gasteiger partial charge in [-0.3, -0.25) is 4.79 Å². The number of ether oxygens (including phenoxy) is 1.